The van der Waals surface area contributed by atoms with Crippen molar-refractivity contribution in [3.63, 3.8) is 0 Å². The molecule has 3 N–H and O–H groups in total. The van der Waals surface area contributed by atoms with Crippen molar-refractivity contribution in [3.8, 4) is 5.75 Å². The molecule has 0 radical (unpaired) electrons. The minimum atomic E-state index is -0.802. The number of methoxy groups -OCH3 is 2. The van der Waals surface area contributed by atoms with Crippen LogP contribution in [0.25, 0.3) is 6.08 Å². The van der Waals surface area contributed by atoms with Gasteiger partial charge in [0.05, 0.1) is 26.8 Å². The average Bonchev–Trinajstić information content (AvgIpc) is 2.82. The summed E-state index contributed by atoms with van der Waals surface area (Å²) in [7, 11) is 2.82. The minimum absolute atomic E-state index is 0.0107. The Kier molecular flexibility index (Phi) is 7.99. The first-order chi connectivity index (χ1) is 16.3. The quantitative estimate of drug-likeness (QED) is 0.465. The molecule has 0 unspecified atom stereocenters. The number of nitrogens with one attached hydrogen (secondary N) is 1. The number of nitrogens with zero attached hydrogens (tertiary/aromatic N) is 2. The van der Waals surface area contributed by atoms with E-state index < -0.39 is 23.0 Å². The molecule has 0 aliphatic heterocycles. The van der Waals surface area contributed by atoms with Crippen LogP contribution in [0.5, 0.6) is 5.75 Å². The molecule has 1 heterocycles. The van der Waals surface area contributed by atoms with Crippen molar-refractivity contribution in [2.24, 2.45) is 0 Å². The molecule has 0 aliphatic carbocycles. The lowest BCUT2D eigenvalue weighted by Crippen LogP contribution is -2.40. The first-order valence-corrected chi connectivity index (χ1v) is 10.3. The number of aromatic amines is 1. The molecular formula is C24H25FN4O5. The van der Waals surface area contributed by atoms with E-state index in [1.165, 1.54) is 43.4 Å². The van der Waals surface area contributed by atoms with Gasteiger partial charge in [0.2, 0.25) is 0 Å². The Morgan fingerprint density at radius 1 is 1.18 bits per heavy atom. The normalized spacial score (nSPS) is 11.0. The number of hydrogen-bond acceptors (Lipinski definition) is 6. The predicted molar refractivity (Wildman–Crippen MR) is 127 cm³/mol. The molecule has 0 fully saturated rings. The highest BCUT2D eigenvalue weighted by atomic mass is 19.1. The van der Waals surface area contributed by atoms with Gasteiger partial charge in [0.1, 0.15) is 5.82 Å². The predicted octanol–water partition coefficient (Wildman–Crippen LogP) is 2.16. The summed E-state index contributed by atoms with van der Waals surface area (Å²) >= 11 is 0. The topological polar surface area (TPSA) is 120 Å². The summed E-state index contributed by atoms with van der Waals surface area (Å²) in [6, 6.07) is 13.2. The van der Waals surface area contributed by atoms with Crippen LogP contribution < -0.4 is 26.6 Å². The number of amides is 1. The lowest BCUT2D eigenvalue weighted by molar-refractivity contribution is -0.114. The number of carbonyl (C=O) groups is 1. The molecule has 0 spiro atoms. The summed E-state index contributed by atoms with van der Waals surface area (Å²) < 4.78 is 25.1. The highest BCUT2D eigenvalue weighted by molar-refractivity contribution is 6.05. The van der Waals surface area contributed by atoms with E-state index in [0.29, 0.717) is 5.56 Å². The van der Waals surface area contributed by atoms with Crippen LogP contribution in [0.3, 0.4) is 0 Å². The van der Waals surface area contributed by atoms with Crippen LogP contribution in [-0.4, -0.2) is 36.3 Å². The fourth-order valence-electron chi connectivity index (χ4n) is 3.32. The number of rotatable bonds is 9. The number of halogens is 1. The van der Waals surface area contributed by atoms with Crippen LogP contribution in [0.2, 0.25) is 0 Å². The highest BCUT2D eigenvalue weighted by Gasteiger charge is 2.23. The van der Waals surface area contributed by atoms with E-state index in [1.807, 2.05) is 6.07 Å². The SMILES string of the molecule is COCCn1c(N)c(N(Cc2ccccc2)C(=O)/C=C/c2ccc(OC)c(F)c2)c(=O)[nH]c1=O. The van der Waals surface area contributed by atoms with Gasteiger partial charge in [-0.2, -0.15) is 0 Å². The number of nitrogens with two attached hydrogens (primary N) is 1. The zero-order valence-corrected chi connectivity index (χ0v) is 18.8. The van der Waals surface area contributed by atoms with E-state index >= 15 is 0 Å². The van der Waals surface area contributed by atoms with Crippen LogP contribution in [0.15, 0.2) is 64.2 Å². The Balaban J connectivity index is 2.04. The number of anilines is 2. The third-order valence-corrected chi connectivity index (χ3v) is 5.05. The van der Waals surface area contributed by atoms with Gasteiger partial charge in [-0.05, 0) is 29.3 Å². The minimum Gasteiger partial charge on any atom is -0.494 e. The van der Waals surface area contributed by atoms with Crippen LogP contribution in [0, 0.1) is 5.82 Å². The molecule has 3 rings (SSSR count). The van der Waals surface area contributed by atoms with Crippen molar-refractivity contribution in [1.82, 2.24) is 9.55 Å². The van der Waals surface area contributed by atoms with Gasteiger partial charge in [0.25, 0.3) is 11.5 Å². The molecule has 10 heteroatoms. The molecule has 178 valence electrons. The zero-order valence-electron chi connectivity index (χ0n) is 18.8. The number of ether oxygens (including phenoxy) is 2. The van der Waals surface area contributed by atoms with Crippen molar-refractivity contribution in [2.45, 2.75) is 13.1 Å². The summed E-state index contributed by atoms with van der Waals surface area (Å²) in [5.74, 6) is -1.26. The Morgan fingerprint density at radius 2 is 1.91 bits per heavy atom. The molecule has 0 aliphatic rings. The molecule has 0 atom stereocenters. The fraction of sp³-hybridized carbons (Fsp3) is 0.208. The standard InChI is InChI=1S/C24H25FN4O5/c1-33-13-12-28-22(26)21(23(31)27-24(28)32)29(15-17-6-4-3-5-7-17)20(30)11-9-16-8-10-19(34-2)18(25)14-16/h3-11,14H,12-13,15,26H2,1-2H3,(H,27,31,32)/b11-9+. The van der Waals surface area contributed by atoms with Gasteiger partial charge in [-0.3, -0.25) is 24.0 Å². The largest absolute Gasteiger partial charge is 0.494 e. The van der Waals surface area contributed by atoms with E-state index in [1.54, 1.807) is 30.3 Å². The van der Waals surface area contributed by atoms with Crippen LogP contribution in [0.4, 0.5) is 15.9 Å². The Labute approximate surface area is 194 Å². The third-order valence-electron chi connectivity index (χ3n) is 5.05. The van der Waals surface area contributed by atoms with E-state index in [-0.39, 0.29) is 37.0 Å². The van der Waals surface area contributed by atoms with Crippen molar-refractivity contribution < 1.29 is 18.7 Å². The van der Waals surface area contributed by atoms with Gasteiger partial charge in [0, 0.05) is 13.2 Å². The zero-order chi connectivity index (χ0) is 24.7. The van der Waals surface area contributed by atoms with E-state index in [9.17, 15) is 18.8 Å². The van der Waals surface area contributed by atoms with E-state index in [0.717, 1.165) is 10.1 Å². The summed E-state index contributed by atoms with van der Waals surface area (Å²) in [6.07, 6.45) is 2.61. The number of carbonyl (C=O) groups excluding carboxylic acids is 1. The Hall–Kier alpha value is -4.18. The van der Waals surface area contributed by atoms with Gasteiger partial charge < -0.3 is 15.2 Å². The Bertz CT molecular complexity index is 1300. The average molecular weight is 468 g/mol. The van der Waals surface area contributed by atoms with Gasteiger partial charge >= 0.3 is 5.69 Å². The number of hydrogen-bond donors (Lipinski definition) is 2. The molecule has 34 heavy (non-hydrogen) atoms. The van der Waals surface area contributed by atoms with Gasteiger partial charge in [-0.15, -0.1) is 0 Å². The molecule has 2 aromatic carbocycles. The maximum Gasteiger partial charge on any atom is 0.330 e. The monoisotopic (exact) mass is 468 g/mol. The summed E-state index contributed by atoms with van der Waals surface area (Å²) in [5.41, 5.74) is 5.65. The van der Waals surface area contributed by atoms with Crippen LogP contribution in [-0.2, 0) is 22.6 Å². The first-order valence-electron chi connectivity index (χ1n) is 10.3. The number of nitrogen functional groups attached to an aromatic ring is 1. The Morgan fingerprint density at radius 3 is 2.56 bits per heavy atom. The number of benzene rings is 2. The first kappa shape index (κ1) is 24.5. The smallest absolute Gasteiger partial charge is 0.330 e. The number of aromatic nitrogens is 2. The fourth-order valence-corrected chi connectivity index (χ4v) is 3.32. The molecule has 0 saturated heterocycles. The molecule has 9 nitrogen and oxygen atoms in total. The number of H-pyrrole nitrogens is 1. The second-order valence-electron chi connectivity index (χ2n) is 7.27. The summed E-state index contributed by atoms with van der Waals surface area (Å²) in [4.78, 5) is 41.6. The van der Waals surface area contributed by atoms with Crippen molar-refractivity contribution in [2.75, 3.05) is 31.5 Å². The lowest BCUT2D eigenvalue weighted by Gasteiger charge is -2.23. The van der Waals surface area contributed by atoms with E-state index in [2.05, 4.69) is 4.98 Å². The molecule has 3 aromatic rings. The molecular weight excluding hydrogens is 443 g/mol. The molecule has 0 saturated carbocycles. The van der Waals surface area contributed by atoms with E-state index in [4.69, 9.17) is 15.2 Å². The van der Waals surface area contributed by atoms with Gasteiger partial charge in [-0.25, -0.2) is 9.18 Å². The molecule has 0 bridgehead atoms. The lowest BCUT2D eigenvalue weighted by atomic mass is 10.1. The van der Waals surface area contributed by atoms with Crippen LogP contribution in [0.1, 0.15) is 11.1 Å². The van der Waals surface area contributed by atoms with Crippen LogP contribution >= 0.6 is 0 Å². The summed E-state index contributed by atoms with van der Waals surface area (Å²) in [5, 5.41) is 0. The second-order valence-corrected chi connectivity index (χ2v) is 7.27. The van der Waals surface area contributed by atoms with Gasteiger partial charge in [-0.1, -0.05) is 36.4 Å². The molecule has 1 aromatic heterocycles. The third kappa shape index (κ3) is 5.59. The van der Waals surface area contributed by atoms with Crippen molar-refractivity contribution in [1.29, 1.82) is 0 Å². The molecule has 1 amide bonds. The second kappa shape index (κ2) is 11.1. The maximum absolute atomic E-state index is 14.0. The van der Waals surface area contributed by atoms with Gasteiger partial charge in [0.15, 0.2) is 17.3 Å². The maximum atomic E-state index is 14.0. The van der Waals surface area contributed by atoms with Crippen molar-refractivity contribution in [3.05, 3.63) is 92.4 Å². The summed E-state index contributed by atoms with van der Waals surface area (Å²) in [6.45, 7) is 0.265. The van der Waals surface area contributed by atoms with Crippen molar-refractivity contribution >= 4 is 23.5 Å². The highest BCUT2D eigenvalue weighted by Crippen LogP contribution is 2.22.